The molecule has 0 unspecified atom stereocenters. The van der Waals surface area contributed by atoms with Crippen LogP contribution in [0.5, 0.6) is 11.5 Å². The molecule has 8 heteroatoms. The number of amides is 1. The van der Waals surface area contributed by atoms with E-state index in [1.54, 1.807) is 4.68 Å². The van der Waals surface area contributed by atoms with Crippen LogP contribution in [0.1, 0.15) is 29.0 Å². The molecule has 1 aromatic heterocycles. The smallest absolute Gasteiger partial charge is 0.291 e. The minimum atomic E-state index is -0.312. The van der Waals surface area contributed by atoms with E-state index < -0.39 is 0 Å². The van der Waals surface area contributed by atoms with Crippen LogP contribution in [0.2, 0.25) is 0 Å². The first-order valence-corrected chi connectivity index (χ1v) is 12.1. The van der Waals surface area contributed by atoms with Crippen molar-refractivity contribution in [2.75, 3.05) is 26.6 Å². The molecule has 4 aromatic rings. The van der Waals surface area contributed by atoms with Crippen molar-refractivity contribution >= 4 is 5.91 Å². The molecular weight excluding hydrogens is 456 g/mol. The van der Waals surface area contributed by atoms with Gasteiger partial charge < -0.3 is 19.5 Å². The molecule has 1 N–H and O–H groups in total. The van der Waals surface area contributed by atoms with Gasteiger partial charge in [0.05, 0.1) is 5.69 Å². The lowest BCUT2D eigenvalue weighted by Crippen LogP contribution is -2.44. The Morgan fingerprint density at radius 3 is 2.42 bits per heavy atom. The standard InChI is InChI=1S/C28H26N4O4/c33-27(25-30-26(20-7-3-1-4-8-20)32(31-25)22-9-5-2-6-10-22)29-18-28(13-15-34-16-14-28)21-11-12-23-24(17-21)36-19-35-23/h1-12,17H,13-16,18-19H2,(H,29,33). The Morgan fingerprint density at radius 1 is 0.917 bits per heavy atom. The maximum atomic E-state index is 13.4. The highest BCUT2D eigenvalue weighted by Gasteiger charge is 2.36. The van der Waals surface area contributed by atoms with Crippen molar-refractivity contribution in [1.29, 1.82) is 0 Å². The van der Waals surface area contributed by atoms with E-state index in [1.165, 1.54) is 0 Å². The summed E-state index contributed by atoms with van der Waals surface area (Å²) < 4.78 is 18.5. The number of aromatic nitrogens is 3. The van der Waals surface area contributed by atoms with E-state index in [0.717, 1.165) is 41.2 Å². The molecular formula is C28H26N4O4. The molecule has 0 radical (unpaired) electrons. The number of rotatable bonds is 6. The fourth-order valence-corrected chi connectivity index (χ4v) is 4.82. The molecule has 1 amide bonds. The van der Waals surface area contributed by atoms with Gasteiger partial charge in [-0.15, -0.1) is 5.10 Å². The second-order valence-electron chi connectivity index (χ2n) is 9.02. The maximum absolute atomic E-state index is 13.4. The van der Waals surface area contributed by atoms with E-state index in [2.05, 4.69) is 21.5 Å². The third kappa shape index (κ3) is 4.20. The van der Waals surface area contributed by atoms with Gasteiger partial charge in [-0.25, -0.2) is 9.67 Å². The molecule has 6 rings (SSSR count). The van der Waals surface area contributed by atoms with Crippen molar-refractivity contribution in [3.8, 4) is 28.6 Å². The average molecular weight is 483 g/mol. The molecule has 36 heavy (non-hydrogen) atoms. The fourth-order valence-electron chi connectivity index (χ4n) is 4.82. The zero-order valence-electron chi connectivity index (χ0n) is 19.7. The van der Waals surface area contributed by atoms with E-state index >= 15 is 0 Å². The van der Waals surface area contributed by atoms with Crippen LogP contribution in [0.15, 0.2) is 78.9 Å². The van der Waals surface area contributed by atoms with Gasteiger partial charge >= 0.3 is 0 Å². The van der Waals surface area contributed by atoms with E-state index in [1.807, 2.05) is 72.8 Å². The van der Waals surface area contributed by atoms with Gasteiger partial charge in [0.15, 0.2) is 17.3 Å². The van der Waals surface area contributed by atoms with Crippen LogP contribution in [0.25, 0.3) is 17.1 Å². The molecule has 2 aliphatic rings. The highest BCUT2D eigenvalue weighted by Crippen LogP contribution is 2.40. The number of carbonyl (C=O) groups is 1. The highest BCUT2D eigenvalue weighted by atomic mass is 16.7. The Labute approximate surface area is 208 Å². The van der Waals surface area contributed by atoms with Crippen molar-refractivity contribution in [3.63, 3.8) is 0 Å². The summed E-state index contributed by atoms with van der Waals surface area (Å²) in [6.45, 7) is 1.92. The number of hydrogen-bond acceptors (Lipinski definition) is 6. The van der Waals surface area contributed by atoms with Crippen LogP contribution in [0.4, 0.5) is 0 Å². The average Bonchev–Trinajstić information content (AvgIpc) is 3.61. The second kappa shape index (κ2) is 9.47. The maximum Gasteiger partial charge on any atom is 0.291 e. The molecule has 0 aliphatic carbocycles. The Morgan fingerprint density at radius 2 is 1.64 bits per heavy atom. The van der Waals surface area contributed by atoms with Crippen molar-refractivity contribution in [2.45, 2.75) is 18.3 Å². The largest absolute Gasteiger partial charge is 0.454 e. The van der Waals surface area contributed by atoms with Crippen molar-refractivity contribution in [2.24, 2.45) is 0 Å². The molecule has 2 aliphatic heterocycles. The summed E-state index contributed by atoms with van der Waals surface area (Å²) in [6.07, 6.45) is 1.57. The minimum Gasteiger partial charge on any atom is -0.454 e. The van der Waals surface area contributed by atoms with Crippen molar-refractivity contribution < 1.29 is 19.0 Å². The van der Waals surface area contributed by atoms with Crippen LogP contribution >= 0.6 is 0 Å². The molecule has 3 heterocycles. The Bertz CT molecular complexity index is 1310. The molecule has 0 spiro atoms. The van der Waals surface area contributed by atoms with Crippen molar-refractivity contribution in [3.05, 3.63) is 90.3 Å². The Hall–Kier alpha value is -4.17. The van der Waals surface area contributed by atoms with Gasteiger partial charge in [-0.1, -0.05) is 54.6 Å². The number of ether oxygens (including phenoxy) is 3. The summed E-state index contributed by atoms with van der Waals surface area (Å²) in [5, 5.41) is 7.71. The molecule has 3 aromatic carbocycles. The van der Waals surface area contributed by atoms with E-state index in [9.17, 15) is 4.79 Å². The molecule has 0 bridgehead atoms. The number of carbonyl (C=O) groups excluding carboxylic acids is 1. The number of hydrogen-bond donors (Lipinski definition) is 1. The summed E-state index contributed by atoms with van der Waals surface area (Å²) in [4.78, 5) is 18.0. The zero-order valence-corrected chi connectivity index (χ0v) is 19.7. The van der Waals surface area contributed by atoms with Gasteiger partial charge in [-0.2, -0.15) is 0 Å². The Kier molecular flexibility index (Phi) is 5.87. The first kappa shape index (κ1) is 22.3. The molecule has 8 nitrogen and oxygen atoms in total. The lowest BCUT2D eigenvalue weighted by Gasteiger charge is -2.37. The number of benzene rings is 3. The normalized spacial score (nSPS) is 16.0. The predicted molar refractivity (Wildman–Crippen MR) is 133 cm³/mol. The highest BCUT2D eigenvalue weighted by molar-refractivity contribution is 5.91. The van der Waals surface area contributed by atoms with Gasteiger partial charge in [0.25, 0.3) is 5.91 Å². The Balaban J connectivity index is 1.29. The lowest BCUT2D eigenvalue weighted by molar-refractivity contribution is 0.0485. The number of fused-ring (bicyclic) bond motifs is 1. The quantitative estimate of drug-likeness (QED) is 0.445. The van der Waals surface area contributed by atoms with Crippen molar-refractivity contribution in [1.82, 2.24) is 20.1 Å². The van der Waals surface area contributed by atoms with Gasteiger partial charge in [-0.05, 0) is 42.7 Å². The molecule has 0 atom stereocenters. The summed E-state index contributed by atoms with van der Waals surface area (Å²) in [6, 6.07) is 25.5. The van der Waals surface area contributed by atoms with E-state index in [-0.39, 0.29) is 23.9 Å². The van der Waals surface area contributed by atoms with Crippen LogP contribution in [-0.2, 0) is 10.2 Å². The summed E-state index contributed by atoms with van der Waals surface area (Å²) in [5.74, 6) is 1.91. The van der Waals surface area contributed by atoms with E-state index in [4.69, 9.17) is 14.2 Å². The summed E-state index contributed by atoms with van der Waals surface area (Å²) in [7, 11) is 0. The lowest BCUT2D eigenvalue weighted by atomic mass is 9.74. The summed E-state index contributed by atoms with van der Waals surface area (Å²) in [5.41, 5.74) is 2.54. The monoisotopic (exact) mass is 482 g/mol. The first-order valence-electron chi connectivity index (χ1n) is 12.1. The van der Waals surface area contributed by atoms with Crippen LogP contribution in [0, 0.1) is 0 Å². The van der Waals surface area contributed by atoms with Crippen LogP contribution in [-0.4, -0.2) is 47.2 Å². The van der Waals surface area contributed by atoms with Crippen LogP contribution < -0.4 is 14.8 Å². The zero-order chi connectivity index (χ0) is 24.4. The van der Waals surface area contributed by atoms with Gasteiger partial charge in [0, 0.05) is 30.7 Å². The number of nitrogens with one attached hydrogen (secondary N) is 1. The second-order valence-corrected chi connectivity index (χ2v) is 9.02. The molecule has 0 saturated carbocycles. The van der Waals surface area contributed by atoms with E-state index in [0.29, 0.717) is 25.6 Å². The molecule has 182 valence electrons. The van der Waals surface area contributed by atoms with Gasteiger partial charge in [0.2, 0.25) is 12.6 Å². The SMILES string of the molecule is O=C(NCC1(c2ccc3c(c2)OCO3)CCOCC1)c1nc(-c2ccccc2)n(-c2ccccc2)n1. The first-order chi connectivity index (χ1) is 17.7. The van der Waals surface area contributed by atoms with Gasteiger partial charge in [-0.3, -0.25) is 4.79 Å². The summed E-state index contributed by atoms with van der Waals surface area (Å²) >= 11 is 0. The van der Waals surface area contributed by atoms with Gasteiger partial charge in [0.1, 0.15) is 0 Å². The minimum absolute atomic E-state index is 0.130. The van der Waals surface area contributed by atoms with Crippen LogP contribution in [0.3, 0.4) is 0 Å². The third-order valence-corrected chi connectivity index (χ3v) is 6.87. The fraction of sp³-hybridized carbons (Fsp3) is 0.250. The predicted octanol–water partition coefficient (Wildman–Crippen LogP) is 4.14. The number of nitrogens with zero attached hydrogens (tertiary/aromatic N) is 3. The number of para-hydroxylation sites is 1. The molecule has 1 saturated heterocycles. The third-order valence-electron chi connectivity index (χ3n) is 6.87. The molecule has 1 fully saturated rings. The topological polar surface area (TPSA) is 87.5 Å².